The molecular formula is C28H27FN4O2. The molecule has 0 saturated heterocycles. The van der Waals surface area contributed by atoms with Gasteiger partial charge in [-0.15, -0.1) is 0 Å². The van der Waals surface area contributed by atoms with Gasteiger partial charge in [0.2, 0.25) is 11.9 Å². The summed E-state index contributed by atoms with van der Waals surface area (Å²) in [5, 5.41) is 2.81. The van der Waals surface area contributed by atoms with Crippen molar-refractivity contribution < 1.29 is 14.0 Å². The molecule has 0 spiro atoms. The molecule has 7 heteroatoms. The number of benzene rings is 3. The predicted molar refractivity (Wildman–Crippen MR) is 135 cm³/mol. The van der Waals surface area contributed by atoms with Crippen LogP contribution in [-0.4, -0.2) is 39.4 Å². The molecule has 4 rings (SSSR count). The molecule has 6 nitrogen and oxygen atoms in total. The molecule has 0 aliphatic rings. The summed E-state index contributed by atoms with van der Waals surface area (Å²) in [7, 11) is 0. The van der Waals surface area contributed by atoms with E-state index < -0.39 is 5.91 Å². The minimum atomic E-state index is -0.397. The second-order valence-corrected chi connectivity index (χ2v) is 8.35. The van der Waals surface area contributed by atoms with Crippen molar-refractivity contribution >= 4 is 17.8 Å². The van der Waals surface area contributed by atoms with E-state index in [1.807, 2.05) is 56.3 Å². The first kappa shape index (κ1) is 23.9. The normalized spacial score (nSPS) is 10.7. The highest BCUT2D eigenvalue weighted by atomic mass is 19.1. The van der Waals surface area contributed by atoms with E-state index in [4.69, 9.17) is 0 Å². The SMILES string of the molecule is CCN(CC(=O)Nc1nc(-c2ccccc2)cn1-c1ccc(C)c(F)c1)C(=O)c1ccc(C)cc1. The molecule has 0 saturated carbocycles. The van der Waals surface area contributed by atoms with Crippen LogP contribution in [0.25, 0.3) is 16.9 Å². The van der Waals surface area contributed by atoms with Crippen molar-refractivity contribution in [2.45, 2.75) is 20.8 Å². The lowest BCUT2D eigenvalue weighted by atomic mass is 10.1. The Morgan fingerprint density at radius 3 is 2.37 bits per heavy atom. The van der Waals surface area contributed by atoms with E-state index >= 15 is 0 Å². The number of hydrogen-bond donors (Lipinski definition) is 1. The second-order valence-electron chi connectivity index (χ2n) is 8.35. The third kappa shape index (κ3) is 5.46. The number of halogens is 1. The maximum atomic E-state index is 14.3. The van der Waals surface area contributed by atoms with E-state index in [0.717, 1.165) is 11.1 Å². The number of rotatable bonds is 7. The van der Waals surface area contributed by atoms with Gasteiger partial charge in [0, 0.05) is 23.9 Å². The highest BCUT2D eigenvalue weighted by Gasteiger charge is 2.20. The number of aryl methyl sites for hydroxylation is 2. The van der Waals surface area contributed by atoms with Gasteiger partial charge in [-0.3, -0.25) is 19.5 Å². The average Bonchev–Trinajstić information content (AvgIpc) is 3.28. The number of likely N-dealkylation sites (N-methyl/N-ethyl adjacent to an activating group) is 1. The Bertz CT molecular complexity index is 1350. The number of amides is 2. The Labute approximate surface area is 204 Å². The molecule has 0 aliphatic carbocycles. The van der Waals surface area contributed by atoms with Gasteiger partial charge in [-0.05, 0) is 50.6 Å². The Morgan fingerprint density at radius 2 is 1.71 bits per heavy atom. The Morgan fingerprint density at radius 1 is 1.00 bits per heavy atom. The van der Waals surface area contributed by atoms with Crippen LogP contribution in [0.1, 0.15) is 28.4 Å². The summed E-state index contributed by atoms with van der Waals surface area (Å²) in [6, 6.07) is 21.6. The highest BCUT2D eigenvalue weighted by Crippen LogP contribution is 2.25. The number of hydrogen-bond acceptors (Lipinski definition) is 3. The molecule has 35 heavy (non-hydrogen) atoms. The van der Waals surface area contributed by atoms with Crippen LogP contribution >= 0.6 is 0 Å². The van der Waals surface area contributed by atoms with E-state index in [1.165, 1.54) is 11.0 Å². The minimum Gasteiger partial charge on any atom is -0.330 e. The molecule has 4 aromatic rings. The Kier molecular flexibility index (Phi) is 7.06. The topological polar surface area (TPSA) is 67.2 Å². The zero-order valence-electron chi connectivity index (χ0n) is 20.0. The monoisotopic (exact) mass is 470 g/mol. The van der Waals surface area contributed by atoms with E-state index in [1.54, 1.807) is 42.0 Å². The number of carbonyl (C=O) groups is 2. The number of nitrogens with zero attached hydrogens (tertiary/aromatic N) is 3. The summed E-state index contributed by atoms with van der Waals surface area (Å²) < 4.78 is 16.0. The number of anilines is 1. The summed E-state index contributed by atoms with van der Waals surface area (Å²) in [5.74, 6) is -0.727. The van der Waals surface area contributed by atoms with Crippen LogP contribution in [-0.2, 0) is 4.79 Å². The Balaban J connectivity index is 1.60. The molecular weight excluding hydrogens is 443 g/mol. The van der Waals surface area contributed by atoms with Crippen LogP contribution < -0.4 is 5.32 Å². The standard InChI is InChI=1S/C28H27FN4O2/c1-4-32(27(35)22-13-10-19(2)11-14-22)18-26(34)31-28-30-25(21-8-6-5-7-9-21)17-33(28)23-15-12-20(3)24(29)16-23/h5-17H,4,18H2,1-3H3,(H,30,31,34). The molecule has 0 radical (unpaired) electrons. The third-order valence-electron chi connectivity index (χ3n) is 5.76. The number of carbonyl (C=O) groups excluding carboxylic acids is 2. The van der Waals surface area contributed by atoms with Gasteiger partial charge in [0.15, 0.2) is 0 Å². The van der Waals surface area contributed by atoms with Crippen LogP contribution in [0.2, 0.25) is 0 Å². The summed E-state index contributed by atoms with van der Waals surface area (Å²) in [4.78, 5) is 32.0. The number of nitrogens with one attached hydrogen (secondary N) is 1. The molecule has 0 atom stereocenters. The predicted octanol–water partition coefficient (Wildman–Crippen LogP) is 5.40. The zero-order valence-corrected chi connectivity index (χ0v) is 20.0. The maximum Gasteiger partial charge on any atom is 0.254 e. The largest absolute Gasteiger partial charge is 0.330 e. The van der Waals surface area contributed by atoms with Gasteiger partial charge in [0.25, 0.3) is 5.91 Å². The molecule has 1 heterocycles. The van der Waals surface area contributed by atoms with E-state index in [2.05, 4.69) is 10.3 Å². The fraction of sp³-hybridized carbons (Fsp3) is 0.179. The molecule has 0 aliphatic heterocycles. The first-order valence-electron chi connectivity index (χ1n) is 11.4. The first-order valence-corrected chi connectivity index (χ1v) is 11.4. The van der Waals surface area contributed by atoms with Crippen LogP contribution in [0.15, 0.2) is 79.0 Å². The van der Waals surface area contributed by atoms with E-state index in [9.17, 15) is 14.0 Å². The van der Waals surface area contributed by atoms with Crippen molar-refractivity contribution in [3.8, 4) is 16.9 Å². The zero-order chi connectivity index (χ0) is 24.9. The summed E-state index contributed by atoms with van der Waals surface area (Å²) >= 11 is 0. The lowest BCUT2D eigenvalue weighted by Crippen LogP contribution is -2.38. The molecule has 3 aromatic carbocycles. The van der Waals surface area contributed by atoms with Crippen LogP contribution in [0.4, 0.5) is 10.3 Å². The van der Waals surface area contributed by atoms with E-state index in [0.29, 0.717) is 29.1 Å². The van der Waals surface area contributed by atoms with Gasteiger partial charge < -0.3 is 4.90 Å². The molecule has 1 aromatic heterocycles. The lowest BCUT2D eigenvalue weighted by molar-refractivity contribution is -0.116. The minimum absolute atomic E-state index is 0.140. The van der Waals surface area contributed by atoms with Crippen molar-refractivity contribution in [3.63, 3.8) is 0 Å². The van der Waals surface area contributed by atoms with Gasteiger partial charge in [0.05, 0.1) is 11.4 Å². The van der Waals surface area contributed by atoms with Gasteiger partial charge in [-0.25, -0.2) is 9.37 Å². The fourth-order valence-corrected chi connectivity index (χ4v) is 3.69. The van der Waals surface area contributed by atoms with Crippen molar-refractivity contribution in [1.82, 2.24) is 14.5 Å². The van der Waals surface area contributed by atoms with Gasteiger partial charge in [-0.2, -0.15) is 0 Å². The average molecular weight is 471 g/mol. The smallest absolute Gasteiger partial charge is 0.254 e. The van der Waals surface area contributed by atoms with Crippen LogP contribution in [0, 0.1) is 19.7 Å². The quantitative estimate of drug-likeness (QED) is 0.394. The summed E-state index contributed by atoms with van der Waals surface area (Å²) in [6.45, 7) is 5.69. The molecule has 0 fully saturated rings. The summed E-state index contributed by atoms with van der Waals surface area (Å²) in [6.07, 6.45) is 1.75. The van der Waals surface area contributed by atoms with Crippen molar-refractivity contribution in [1.29, 1.82) is 0 Å². The van der Waals surface area contributed by atoms with Crippen LogP contribution in [0.3, 0.4) is 0 Å². The van der Waals surface area contributed by atoms with Crippen molar-refractivity contribution in [2.24, 2.45) is 0 Å². The van der Waals surface area contributed by atoms with Gasteiger partial charge in [0.1, 0.15) is 12.4 Å². The van der Waals surface area contributed by atoms with E-state index in [-0.39, 0.29) is 24.2 Å². The van der Waals surface area contributed by atoms with Crippen molar-refractivity contribution in [3.05, 3.63) is 102 Å². The molecule has 1 N–H and O–H groups in total. The van der Waals surface area contributed by atoms with Gasteiger partial charge >= 0.3 is 0 Å². The van der Waals surface area contributed by atoms with Gasteiger partial charge in [-0.1, -0.05) is 54.1 Å². The third-order valence-corrected chi connectivity index (χ3v) is 5.76. The molecule has 178 valence electrons. The summed E-state index contributed by atoms with van der Waals surface area (Å²) in [5.41, 5.74) is 4.12. The first-order chi connectivity index (χ1) is 16.9. The van der Waals surface area contributed by atoms with Crippen molar-refractivity contribution in [2.75, 3.05) is 18.4 Å². The molecule has 0 bridgehead atoms. The number of aromatic nitrogens is 2. The molecule has 0 unspecified atom stereocenters. The Hall–Kier alpha value is -4.26. The molecule has 2 amide bonds. The fourth-order valence-electron chi connectivity index (χ4n) is 3.69. The highest BCUT2D eigenvalue weighted by molar-refractivity contribution is 5.99. The van der Waals surface area contributed by atoms with Crippen LogP contribution in [0.5, 0.6) is 0 Å². The lowest BCUT2D eigenvalue weighted by Gasteiger charge is -2.20. The maximum absolute atomic E-state index is 14.3. The second kappa shape index (κ2) is 10.3. The number of imidazole rings is 1.